The van der Waals surface area contributed by atoms with Gasteiger partial charge in [0.1, 0.15) is 5.65 Å². The van der Waals surface area contributed by atoms with Crippen molar-refractivity contribution in [2.75, 3.05) is 38.7 Å². The Morgan fingerprint density at radius 3 is 2.46 bits per heavy atom. The highest BCUT2D eigenvalue weighted by molar-refractivity contribution is 5.75. The normalized spacial score (nSPS) is 19.1. The van der Waals surface area contributed by atoms with Gasteiger partial charge in [0.15, 0.2) is 0 Å². The zero-order valence-electron chi connectivity index (χ0n) is 21.1. The molecule has 3 aromatic rings. The second-order valence-corrected chi connectivity index (χ2v) is 10.2. The predicted molar refractivity (Wildman–Crippen MR) is 139 cm³/mol. The highest BCUT2D eigenvalue weighted by Gasteiger charge is 2.42. The molecule has 0 aliphatic carbocycles. The van der Waals surface area contributed by atoms with E-state index in [9.17, 15) is 4.79 Å². The molecule has 0 unspecified atom stereocenters. The third kappa shape index (κ3) is 4.46. The number of rotatable bonds is 7. The Hall–Kier alpha value is -2.81. The molecule has 0 spiro atoms. The van der Waals surface area contributed by atoms with Crippen molar-refractivity contribution in [2.45, 2.75) is 57.3 Å². The van der Waals surface area contributed by atoms with Gasteiger partial charge in [-0.1, -0.05) is 24.3 Å². The molecule has 5 rings (SSSR count). The molecule has 2 N–H and O–H groups in total. The minimum atomic E-state index is -0.0505. The number of hydrogen-bond donors (Lipinski definition) is 2. The number of likely N-dealkylation sites (N-methyl/N-ethyl adjacent to an activating group) is 1. The third-order valence-electron chi connectivity index (χ3n) is 7.78. The molecule has 2 aliphatic heterocycles. The van der Waals surface area contributed by atoms with Gasteiger partial charge in [0.25, 0.3) is 5.56 Å². The second-order valence-electron chi connectivity index (χ2n) is 10.2. The summed E-state index contributed by atoms with van der Waals surface area (Å²) in [6.45, 7) is 9.78. The largest absolute Gasteiger partial charge is 0.381 e. The topological polar surface area (TPSA) is 84.3 Å². The highest BCUT2D eigenvalue weighted by Crippen LogP contribution is 2.39. The zero-order chi connectivity index (χ0) is 24.6. The smallest absolute Gasteiger partial charge is 0.252 e. The maximum absolute atomic E-state index is 12.4. The first-order valence-electron chi connectivity index (χ1n) is 12.7. The van der Waals surface area contributed by atoms with Gasteiger partial charge in [-0.2, -0.15) is 4.98 Å². The van der Waals surface area contributed by atoms with Crippen LogP contribution in [0.5, 0.6) is 0 Å². The number of ether oxygens (including phenoxy) is 1. The lowest BCUT2D eigenvalue weighted by molar-refractivity contribution is -0.0481. The summed E-state index contributed by atoms with van der Waals surface area (Å²) in [5, 5.41) is 7.69. The molecule has 186 valence electrons. The summed E-state index contributed by atoms with van der Waals surface area (Å²) in [5.41, 5.74) is 3.14. The van der Waals surface area contributed by atoms with Crippen LogP contribution >= 0.6 is 0 Å². The number of hydrogen-bond acceptors (Lipinski definition) is 7. The van der Waals surface area contributed by atoms with E-state index in [1.165, 1.54) is 11.1 Å². The van der Waals surface area contributed by atoms with Crippen LogP contribution in [0.25, 0.3) is 11.0 Å². The van der Waals surface area contributed by atoms with Crippen LogP contribution in [0.15, 0.2) is 47.4 Å². The van der Waals surface area contributed by atoms with Gasteiger partial charge in [-0.3, -0.25) is 14.3 Å². The fourth-order valence-electron chi connectivity index (χ4n) is 5.42. The molecule has 2 aromatic heterocycles. The van der Waals surface area contributed by atoms with Gasteiger partial charge in [0.2, 0.25) is 5.95 Å². The molecule has 8 nitrogen and oxygen atoms in total. The van der Waals surface area contributed by atoms with Crippen molar-refractivity contribution < 1.29 is 4.74 Å². The Morgan fingerprint density at radius 2 is 1.83 bits per heavy atom. The summed E-state index contributed by atoms with van der Waals surface area (Å²) in [7, 11) is 2.27. The molecule has 2 saturated heterocycles. The highest BCUT2D eigenvalue weighted by atomic mass is 16.5. The summed E-state index contributed by atoms with van der Waals surface area (Å²) >= 11 is 0. The minimum absolute atomic E-state index is 0.0160. The van der Waals surface area contributed by atoms with E-state index in [2.05, 4.69) is 58.8 Å². The number of aromatic nitrogens is 3. The molecule has 0 amide bonds. The summed E-state index contributed by atoms with van der Waals surface area (Å²) < 4.78 is 7.44. The summed E-state index contributed by atoms with van der Waals surface area (Å²) in [5.74, 6) is 0.521. The lowest BCUT2D eigenvalue weighted by Gasteiger charge is -2.51. The first kappa shape index (κ1) is 23.9. The monoisotopic (exact) mass is 476 g/mol. The van der Waals surface area contributed by atoms with Crippen molar-refractivity contribution in [3.8, 4) is 0 Å². The van der Waals surface area contributed by atoms with E-state index < -0.39 is 0 Å². The SMILES string of the molecule is CC(C)n1c(=O)ccc2cnc(N[C@@H](C)c3ccc(C4(N(C)C5CNC5)CCOCC4)cc3)nc21. The number of nitrogens with one attached hydrogen (secondary N) is 2. The second kappa shape index (κ2) is 9.68. The van der Waals surface area contributed by atoms with Gasteiger partial charge in [-0.25, -0.2) is 4.98 Å². The summed E-state index contributed by atoms with van der Waals surface area (Å²) in [6.07, 6.45) is 3.80. The number of benzene rings is 1. The maximum Gasteiger partial charge on any atom is 0.252 e. The molecule has 0 radical (unpaired) electrons. The maximum atomic E-state index is 12.4. The first-order valence-corrected chi connectivity index (χ1v) is 12.7. The predicted octanol–water partition coefficient (Wildman–Crippen LogP) is 3.45. The number of nitrogens with zero attached hydrogens (tertiary/aromatic N) is 4. The molecule has 2 aliphatic rings. The van der Waals surface area contributed by atoms with Crippen LogP contribution in [0.3, 0.4) is 0 Å². The summed E-state index contributed by atoms with van der Waals surface area (Å²) in [4.78, 5) is 24.2. The number of anilines is 1. The van der Waals surface area contributed by atoms with Gasteiger partial charge >= 0.3 is 0 Å². The fraction of sp³-hybridized carbons (Fsp3) is 0.519. The van der Waals surface area contributed by atoms with Gasteiger partial charge < -0.3 is 15.4 Å². The van der Waals surface area contributed by atoms with Crippen LogP contribution in [0.4, 0.5) is 5.95 Å². The number of fused-ring (bicyclic) bond motifs is 1. The van der Waals surface area contributed by atoms with Crippen molar-refractivity contribution in [1.29, 1.82) is 0 Å². The van der Waals surface area contributed by atoms with Gasteiger partial charge in [-0.15, -0.1) is 0 Å². The van der Waals surface area contributed by atoms with Crippen LogP contribution in [0.2, 0.25) is 0 Å². The lowest BCUT2D eigenvalue weighted by atomic mass is 9.79. The third-order valence-corrected chi connectivity index (χ3v) is 7.78. The summed E-state index contributed by atoms with van der Waals surface area (Å²) in [6, 6.07) is 12.9. The van der Waals surface area contributed by atoms with E-state index >= 15 is 0 Å². The molecule has 35 heavy (non-hydrogen) atoms. The van der Waals surface area contributed by atoms with E-state index in [0.29, 0.717) is 17.6 Å². The molecular formula is C27H36N6O2. The molecule has 0 saturated carbocycles. The average molecular weight is 477 g/mol. The Morgan fingerprint density at radius 1 is 1.11 bits per heavy atom. The first-order chi connectivity index (χ1) is 16.9. The van der Waals surface area contributed by atoms with Crippen molar-refractivity contribution in [3.05, 3.63) is 64.1 Å². The van der Waals surface area contributed by atoms with E-state index in [1.54, 1.807) is 22.9 Å². The van der Waals surface area contributed by atoms with Gasteiger partial charge in [0.05, 0.1) is 11.6 Å². The standard InChI is InChI=1S/C27H36N6O2/c1-18(2)33-24(34)10-7-21-15-29-26(31-25(21)33)30-19(3)20-5-8-22(9-6-20)27(11-13-35-14-12-27)32(4)23-16-28-17-23/h5-10,15,18-19,23,28H,11-14,16-17H2,1-4H3,(H,29,30,31)/t19-/m0/s1. The van der Waals surface area contributed by atoms with E-state index in [-0.39, 0.29) is 23.2 Å². The number of pyridine rings is 1. The molecule has 2 fully saturated rings. The fourth-order valence-corrected chi connectivity index (χ4v) is 5.42. The van der Waals surface area contributed by atoms with Crippen LogP contribution in [-0.2, 0) is 10.3 Å². The molecule has 1 atom stereocenters. The van der Waals surface area contributed by atoms with Crippen molar-refractivity contribution in [3.63, 3.8) is 0 Å². The minimum Gasteiger partial charge on any atom is -0.381 e. The van der Waals surface area contributed by atoms with Crippen molar-refractivity contribution in [1.82, 2.24) is 24.8 Å². The van der Waals surface area contributed by atoms with E-state index in [1.807, 2.05) is 13.8 Å². The van der Waals surface area contributed by atoms with Crippen LogP contribution in [0, 0.1) is 0 Å². The Labute approximate surface area is 206 Å². The molecule has 4 heterocycles. The molecule has 1 aromatic carbocycles. The molecule has 0 bridgehead atoms. The van der Waals surface area contributed by atoms with E-state index in [0.717, 1.165) is 44.5 Å². The lowest BCUT2D eigenvalue weighted by Crippen LogP contribution is -2.63. The Kier molecular flexibility index (Phi) is 6.61. The van der Waals surface area contributed by atoms with Crippen molar-refractivity contribution >= 4 is 17.0 Å². The van der Waals surface area contributed by atoms with Gasteiger partial charge in [0, 0.05) is 56.0 Å². The van der Waals surface area contributed by atoms with Crippen molar-refractivity contribution in [2.24, 2.45) is 0 Å². The van der Waals surface area contributed by atoms with Crippen LogP contribution in [-0.4, -0.2) is 58.8 Å². The molecule has 8 heteroatoms. The van der Waals surface area contributed by atoms with Crippen LogP contribution in [0.1, 0.15) is 56.8 Å². The quantitative estimate of drug-likeness (QED) is 0.540. The van der Waals surface area contributed by atoms with Crippen LogP contribution < -0.4 is 16.2 Å². The average Bonchev–Trinajstić information content (AvgIpc) is 2.83. The Bertz CT molecular complexity index is 1230. The Balaban J connectivity index is 1.38. The van der Waals surface area contributed by atoms with Gasteiger partial charge in [-0.05, 0) is 57.9 Å². The molecular weight excluding hydrogens is 440 g/mol. The van der Waals surface area contributed by atoms with E-state index in [4.69, 9.17) is 9.72 Å². The zero-order valence-corrected chi connectivity index (χ0v) is 21.1.